The highest BCUT2D eigenvalue weighted by Crippen LogP contribution is 2.28. The van der Waals surface area contributed by atoms with Gasteiger partial charge in [-0.15, -0.1) is 0 Å². The first-order chi connectivity index (χ1) is 8.34. The lowest BCUT2D eigenvalue weighted by Crippen LogP contribution is -2.40. The average molecular weight is 242 g/mol. The zero-order chi connectivity index (χ0) is 11.9. The maximum absolute atomic E-state index is 5.67. The Hall–Kier alpha value is -0.160. The molecule has 1 saturated carbocycles. The Bertz CT molecular complexity index is 204. The molecule has 1 aliphatic heterocycles. The van der Waals surface area contributed by atoms with Crippen molar-refractivity contribution in [1.82, 2.24) is 10.2 Å². The standard InChI is InChI=1S/C13H26N2O2/c1-15(7-9-16-11-12-2-3-12)6-4-13-10-14-5-8-17-13/h12-14H,2-11H2,1H3. The summed E-state index contributed by atoms with van der Waals surface area (Å²) in [6.07, 6.45) is 4.27. The third-order valence-electron chi connectivity index (χ3n) is 3.51. The van der Waals surface area contributed by atoms with Crippen molar-refractivity contribution in [3.05, 3.63) is 0 Å². The van der Waals surface area contributed by atoms with Gasteiger partial charge in [0.2, 0.25) is 0 Å². The van der Waals surface area contributed by atoms with E-state index in [0.717, 1.165) is 58.3 Å². The van der Waals surface area contributed by atoms with Crippen molar-refractivity contribution in [3.63, 3.8) is 0 Å². The van der Waals surface area contributed by atoms with E-state index in [4.69, 9.17) is 9.47 Å². The van der Waals surface area contributed by atoms with Gasteiger partial charge in [-0.3, -0.25) is 0 Å². The Morgan fingerprint density at radius 3 is 2.94 bits per heavy atom. The molecule has 0 radical (unpaired) electrons. The molecule has 1 aliphatic carbocycles. The van der Waals surface area contributed by atoms with Crippen LogP contribution in [0.1, 0.15) is 19.3 Å². The van der Waals surface area contributed by atoms with Gasteiger partial charge < -0.3 is 19.7 Å². The number of likely N-dealkylation sites (N-methyl/N-ethyl adjacent to an activating group) is 1. The van der Waals surface area contributed by atoms with Crippen molar-refractivity contribution in [1.29, 1.82) is 0 Å². The lowest BCUT2D eigenvalue weighted by atomic mass is 10.2. The number of rotatable bonds is 8. The molecule has 2 rings (SSSR count). The lowest BCUT2D eigenvalue weighted by Gasteiger charge is -2.25. The number of hydrogen-bond donors (Lipinski definition) is 1. The van der Waals surface area contributed by atoms with Crippen LogP contribution in [0.3, 0.4) is 0 Å². The van der Waals surface area contributed by atoms with Crippen molar-refractivity contribution in [2.75, 3.05) is 53.0 Å². The molecule has 1 N–H and O–H groups in total. The van der Waals surface area contributed by atoms with Crippen molar-refractivity contribution in [2.24, 2.45) is 5.92 Å². The fourth-order valence-corrected chi connectivity index (χ4v) is 2.04. The maximum atomic E-state index is 5.67. The van der Waals surface area contributed by atoms with E-state index in [0.29, 0.717) is 6.10 Å². The fourth-order valence-electron chi connectivity index (χ4n) is 2.04. The Kier molecular flexibility index (Phi) is 5.71. The van der Waals surface area contributed by atoms with Crippen molar-refractivity contribution >= 4 is 0 Å². The summed E-state index contributed by atoms with van der Waals surface area (Å²) in [5, 5.41) is 3.36. The van der Waals surface area contributed by atoms with E-state index in [2.05, 4.69) is 17.3 Å². The molecule has 100 valence electrons. The first-order valence-corrected chi connectivity index (χ1v) is 6.93. The molecule has 17 heavy (non-hydrogen) atoms. The van der Waals surface area contributed by atoms with Gasteiger partial charge in [-0.1, -0.05) is 0 Å². The SMILES string of the molecule is CN(CCOCC1CC1)CCC1CNCCO1. The molecule has 2 fully saturated rings. The molecular weight excluding hydrogens is 216 g/mol. The van der Waals surface area contributed by atoms with Crippen LogP contribution in [-0.2, 0) is 9.47 Å². The highest BCUT2D eigenvalue weighted by molar-refractivity contribution is 4.72. The number of hydrogen-bond acceptors (Lipinski definition) is 4. The summed E-state index contributed by atoms with van der Waals surface area (Å²) in [6, 6.07) is 0. The second-order valence-electron chi connectivity index (χ2n) is 5.31. The van der Waals surface area contributed by atoms with E-state index >= 15 is 0 Å². The molecule has 1 atom stereocenters. The lowest BCUT2D eigenvalue weighted by molar-refractivity contribution is 0.0168. The molecule has 0 aromatic rings. The fraction of sp³-hybridized carbons (Fsp3) is 1.00. The van der Waals surface area contributed by atoms with Gasteiger partial charge in [0.15, 0.2) is 0 Å². The predicted octanol–water partition coefficient (Wildman–Crippen LogP) is 0.723. The molecule has 1 heterocycles. The zero-order valence-electron chi connectivity index (χ0n) is 11.0. The molecule has 0 spiro atoms. The molecule has 2 aliphatic rings. The van der Waals surface area contributed by atoms with Crippen LogP contribution in [0.2, 0.25) is 0 Å². The summed E-state index contributed by atoms with van der Waals surface area (Å²) in [4.78, 5) is 2.34. The second kappa shape index (κ2) is 7.31. The maximum Gasteiger partial charge on any atom is 0.0712 e. The van der Waals surface area contributed by atoms with E-state index in [1.54, 1.807) is 0 Å². The van der Waals surface area contributed by atoms with Gasteiger partial charge in [0.05, 0.1) is 19.3 Å². The van der Waals surface area contributed by atoms with Gasteiger partial charge in [0, 0.05) is 32.8 Å². The summed E-state index contributed by atoms with van der Waals surface area (Å²) in [6.45, 7) is 6.85. The monoisotopic (exact) mass is 242 g/mol. The van der Waals surface area contributed by atoms with E-state index in [1.165, 1.54) is 12.8 Å². The Morgan fingerprint density at radius 1 is 1.35 bits per heavy atom. The van der Waals surface area contributed by atoms with Gasteiger partial charge >= 0.3 is 0 Å². The van der Waals surface area contributed by atoms with E-state index in [9.17, 15) is 0 Å². The minimum atomic E-state index is 0.401. The minimum absolute atomic E-state index is 0.401. The number of ether oxygens (including phenoxy) is 2. The second-order valence-corrected chi connectivity index (χ2v) is 5.31. The zero-order valence-corrected chi connectivity index (χ0v) is 11.0. The number of nitrogens with zero attached hydrogens (tertiary/aromatic N) is 1. The molecule has 0 aromatic carbocycles. The Labute approximate surface area is 105 Å². The van der Waals surface area contributed by atoms with Crippen molar-refractivity contribution in [3.8, 4) is 0 Å². The van der Waals surface area contributed by atoms with Crippen LogP contribution in [0.15, 0.2) is 0 Å². The molecule has 1 saturated heterocycles. The summed E-state index contributed by atoms with van der Waals surface area (Å²) in [5.41, 5.74) is 0. The first-order valence-electron chi connectivity index (χ1n) is 6.93. The van der Waals surface area contributed by atoms with Gasteiger partial charge in [-0.2, -0.15) is 0 Å². The van der Waals surface area contributed by atoms with Gasteiger partial charge in [0.1, 0.15) is 0 Å². The van der Waals surface area contributed by atoms with Gasteiger partial charge in [0.25, 0.3) is 0 Å². The summed E-state index contributed by atoms with van der Waals surface area (Å²) >= 11 is 0. The summed E-state index contributed by atoms with van der Waals surface area (Å²) in [7, 11) is 2.16. The van der Waals surface area contributed by atoms with Crippen molar-refractivity contribution in [2.45, 2.75) is 25.4 Å². The third-order valence-corrected chi connectivity index (χ3v) is 3.51. The Balaban J connectivity index is 1.43. The molecule has 4 heteroatoms. The predicted molar refractivity (Wildman–Crippen MR) is 68.3 cm³/mol. The van der Waals surface area contributed by atoms with E-state index < -0.39 is 0 Å². The van der Waals surface area contributed by atoms with Crippen LogP contribution in [0.4, 0.5) is 0 Å². The van der Waals surface area contributed by atoms with E-state index in [1.807, 2.05) is 0 Å². The van der Waals surface area contributed by atoms with E-state index in [-0.39, 0.29) is 0 Å². The highest BCUT2D eigenvalue weighted by Gasteiger charge is 2.21. The summed E-state index contributed by atoms with van der Waals surface area (Å²) in [5.74, 6) is 0.877. The van der Waals surface area contributed by atoms with Gasteiger partial charge in [-0.25, -0.2) is 0 Å². The van der Waals surface area contributed by atoms with Crippen LogP contribution in [-0.4, -0.2) is 64.1 Å². The summed E-state index contributed by atoms with van der Waals surface area (Å²) < 4.78 is 11.3. The van der Waals surface area contributed by atoms with Crippen LogP contribution in [0.25, 0.3) is 0 Å². The average Bonchev–Trinajstić information content (AvgIpc) is 3.17. The normalized spacial score (nSPS) is 25.4. The number of morpholine rings is 1. The quantitative estimate of drug-likeness (QED) is 0.636. The first kappa shape index (κ1) is 13.3. The number of nitrogens with one attached hydrogen (secondary N) is 1. The van der Waals surface area contributed by atoms with Crippen LogP contribution in [0, 0.1) is 5.92 Å². The topological polar surface area (TPSA) is 33.7 Å². The highest BCUT2D eigenvalue weighted by atomic mass is 16.5. The van der Waals surface area contributed by atoms with Crippen molar-refractivity contribution < 1.29 is 9.47 Å². The molecule has 4 nitrogen and oxygen atoms in total. The third kappa shape index (κ3) is 5.82. The van der Waals surface area contributed by atoms with Crippen LogP contribution < -0.4 is 5.32 Å². The largest absolute Gasteiger partial charge is 0.380 e. The molecule has 0 aromatic heterocycles. The van der Waals surface area contributed by atoms with Crippen LogP contribution >= 0.6 is 0 Å². The molecule has 0 bridgehead atoms. The smallest absolute Gasteiger partial charge is 0.0712 e. The Morgan fingerprint density at radius 2 is 2.24 bits per heavy atom. The minimum Gasteiger partial charge on any atom is -0.380 e. The molecule has 0 amide bonds. The van der Waals surface area contributed by atoms with Gasteiger partial charge in [-0.05, 0) is 32.2 Å². The molecular formula is C13H26N2O2. The molecule has 1 unspecified atom stereocenters. The van der Waals surface area contributed by atoms with Crippen LogP contribution in [0.5, 0.6) is 0 Å².